The van der Waals surface area contributed by atoms with Gasteiger partial charge in [-0.3, -0.25) is 5.10 Å². The topological polar surface area (TPSA) is 73.2 Å². The third kappa shape index (κ3) is 4.15. The average molecular weight is 371 g/mol. The standard InChI is InChI=1S/C23H21N3O2/c24-18-12-10-17(11-13-18)21-16-22(26-25-21)20-8-4-5-9-23(20)28-15-14-27-19-6-2-1-3-7-19/h1-13,16H,14-15,24H2,(H,25,26). The molecule has 0 saturated heterocycles. The van der Waals surface area contributed by atoms with E-state index < -0.39 is 0 Å². The number of para-hydroxylation sites is 2. The van der Waals surface area contributed by atoms with Gasteiger partial charge in [-0.25, -0.2) is 0 Å². The maximum Gasteiger partial charge on any atom is 0.128 e. The average Bonchev–Trinajstić information content (AvgIpc) is 3.23. The number of aromatic nitrogens is 2. The first kappa shape index (κ1) is 17.7. The van der Waals surface area contributed by atoms with Gasteiger partial charge in [0.1, 0.15) is 24.7 Å². The van der Waals surface area contributed by atoms with E-state index in [0.29, 0.717) is 13.2 Å². The van der Waals surface area contributed by atoms with Gasteiger partial charge in [-0.15, -0.1) is 0 Å². The van der Waals surface area contributed by atoms with Crippen molar-refractivity contribution in [2.75, 3.05) is 18.9 Å². The molecule has 4 aromatic rings. The number of anilines is 1. The summed E-state index contributed by atoms with van der Waals surface area (Å²) in [5.41, 5.74) is 10.2. The van der Waals surface area contributed by atoms with Crippen LogP contribution in [0.4, 0.5) is 5.69 Å². The zero-order valence-corrected chi connectivity index (χ0v) is 15.3. The number of ether oxygens (including phenoxy) is 2. The Labute approximate surface area is 163 Å². The van der Waals surface area contributed by atoms with Crippen molar-refractivity contribution in [3.63, 3.8) is 0 Å². The summed E-state index contributed by atoms with van der Waals surface area (Å²) < 4.78 is 11.6. The first-order chi connectivity index (χ1) is 13.8. The second-order valence-electron chi connectivity index (χ2n) is 6.30. The predicted octanol–water partition coefficient (Wildman–Crippen LogP) is 4.78. The highest BCUT2D eigenvalue weighted by atomic mass is 16.5. The molecule has 5 nitrogen and oxygen atoms in total. The molecule has 5 heteroatoms. The minimum Gasteiger partial charge on any atom is -0.490 e. The Kier molecular flexibility index (Phi) is 5.24. The van der Waals surface area contributed by atoms with Crippen molar-refractivity contribution in [1.82, 2.24) is 10.2 Å². The Balaban J connectivity index is 1.45. The van der Waals surface area contributed by atoms with Gasteiger partial charge in [0, 0.05) is 16.8 Å². The molecule has 0 amide bonds. The molecule has 0 aliphatic heterocycles. The van der Waals surface area contributed by atoms with Gasteiger partial charge >= 0.3 is 0 Å². The predicted molar refractivity (Wildman–Crippen MR) is 111 cm³/mol. The number of aromatic amines is 1. The number of hydrogen-bond donors (Lipinski definition) is 2. The van der Waals surface area contributed by atoms with Crippen molar-refractivity contribution in [1.29, 1.82) is 0 Å². The lowest BCUT2D eigenvalue weighted by atomic mass is 10.1. The fourth-order valence-electron chi connectivity index (χ4n) is 2.90. The molecule has 1 aromatic heterocycles. The van der Waals surface area contributed by atoms with Gasteiger partial charge in [0.2, 0.25) is 0 Å². The SMILES string of the molecule is Nc1ccc(-c2cc(-c3ccccc3OCCOc3ccccc3)[nH]n2)cc1. The second-order valence-corrected chi connectivity index (χ2v) is 6.30. The van der Waals surface area contributed by atoms with Crippen LogP contribution in [0.15, 0.2) is 84.9 Å². The minimum atomic E-state index is 0.449. The van der Waals surface area contributed by atoms with Crippen LogP contribution >= 0.6 is 0 Å². The van der Waals surface area contributed by atoms with Crippen LogP contribution < -0.4 is 15.2 Å². The maximum atomic E-state index is 5.95. The summed E-state index contributed by atoms with van der Waals surface area (Å²) in [6.07, 6.45) is 0. The lowest BCUT2D eigenvalue weighted by Crippen LogP contribution is -2.09. The lowest BCUT2D eigenvalue weighted by molar-refractivity contribution is 0.217. The monoisotopic (exact) mass is 371 g/mol. The lowest BCUT2D eigenvalue weighted by Gasteiger charge is -2.11. The fraction of sp³-hybridized carbons (Fsp3) is 0.0870. The Morgan fingerprint density at radius 3 is 2.32 bits per heavy atom. The number of nitrogens with two attached hydrogens (primary N) is 1. The number of nitrogens with one attached hydrogen (secondary N) is 1. The first-order valence-corrected chi connectivity index (χ1v) is 9.11. The Morgan fingerprint density at radius 1 is 0.786 bits per heavy atom. The first-order valence-electron chi connectivity index (χ1n) is 9.11. The van der Waals surface area contributed by atoms with Crippen molar-refractivity contribution >= 4 is 5.69 Å². The van der Waals surface area contributed by atoms with E-state index in [4.69, 9.17) is 15.2 Å². The Hall–Kier alpha value is -3.73. The van der Waals surface area contributed by atoms with Gasteiger partial charge in [0.05, 0.1) is 11.4 Å². The highest BCUT2D eigenvalue weighted by Crippen LogP contribution is 2.31. The largest absolute Gasteiger partial charge is 0.490 e. The summed E-state index contributed by atoms with van der Waals surface area (Å²) in [4.78, 5) is 0. The summed E-state index contributed by atoms with van der Waals surface area (Å²) in [5, 5.41) is 7.52. The molecular formula is C23H21N3O2. The summed E-state index contributed by atoms with van der Waals surface area (Å²) in [7, 11) is 0. The van der Waals surface area contributed by atoms with Crippen molar-refractivity contribution in [2.24, 2.45) is 0 Å². The minimum absolute atomic E-state index is 0.449. The molecule has 0 spiro atoms. The summed E-state index contributed by atoms with van der Waals surface area (Å²) in [6.45, 7) is 0.920. The molecular weight excluding hydrogens is 350 g/mol. The van der Waals surface area contributed by atoms with Gasteiger partial charge < -0.3 is 15.2 Å². The maximum absolute atomic E-state index is 5.95. The molecule has 3 aromatic carbocycles. The normalized spacial score (nSPS) is 10.6. The van der Waals surface area contributed by atoms with Crippen LogP contribution in [0.1, 0.15) is 0 Å². The molecule has 0 unspecified atom stereocenters. The molecule has 4 rings (SSSR count). The number of rotatable bonds is 7. The second kappa shape index (κ2) is 8.31. The van der Waals surface area contributed by atoms with Gasteiger partial charge in [-0.05, 0) is 42.5 Å². The molecule has 0 fully saturated rings. The zero-order valence-electron chi connectivity index (χ0n) is 15.3. The van der Waals surface area contributed by atoms with E-state index in [9.17, 15) is 0 Å². The number of nitrogen functional groups attached to an aromatic ring is 1. The van der Waals surface area contributed by atoms with Gasteiger partial charge in [-0.2, -0.15) is 5.10 Å². The van der Waals surface area contributed by atoms with Crippen molar-refractivity contribution in [3.8, 4) is 34.0 Å². The van der Waals surface area contributed by atoms with Crippen LogP contribution in [0.5, 0.6) is 11.5 Å². The number of hydrogen-bond acceptors (Lipinski definition) is 4. The molecule has 1 heterocycles. The Bertz CT molecular complexity index is 1030. The fourth-order valence-corrected chi connectivity index (χ4v) is 2.90. The molecule has 0 atom stereocenters. The third-order valence-electron chi connectivity index (χ3n) is 4.31. The van der Waals surface area contributed by atoms with Crippen LogP contribution in [0.25, 0.3) is 22.5 Å². The van der Waals surface area contributed by atoms with E-state index in [1.54, 1.807) is 0 Å². The van der Waals surface area contributed by atoms with Crippen molar-refractivity contribution in [2.45, 2.75) is 0 Å². The number of nitrogens with zero attached hydrogens (tertiary/aromatic N) is 1. The van der Waals surface area contributed by atoms with E-state index in [0.717, 1.165) is 39.7 Å². The molecule has 0 saturated carbocycles. The van der Waals surface area contributed by atoms with Crippen LogP contribution in [0.2, 0.25) is 0 Å². The van der Waals surface area contributed by atoms with E-state index in [-0.39, 0.29) is 0 Å². The van der Waals surface area contributed by atoms with E-state index in [2.05, 4.69) is 10.2 Å². The van der Waals surface area contributed by atoms with E-state index in [1.165, 1.54) is 0 Å². The van der Waals surface area contributed by atoms with Gasteiger partial charge in [0.25, 0.3) is 0 Å². The third-order valence-corrected chi connectivity index (χ3v) is 4.31. The van der Waals surface area contributed by atoms with Gasteiger partial charge in [-0.1, -0.05) is 42.5 Å². The van der Waals surface area contributed by atoms with Gasteiger partial charge in [0.15, 0.2) is 0 Å². The summed E-state index contributed by atoms with van der Waals surface area (Å²) in [6, 6.07) is 27.3. The summed E-state index contributed by atoms with van der Waals surface area (Å²) >= 11 is 0. The molecule has 3 N–H and O–H groups in total. The molecule has 0 bridgehead atoms. The molecule has 0 radical (unpaired) electrons. The highest BCUT2D eigenvalue weighted by Gasteiger charge is 2.10. The molecule has 0 aliphatic rings. The van der Waals surface area contributed by atoms with E-state index in [1.807, 2.05) is 84.9 Å². The van der Waals surface area contributed by atoms with Crippen molar-refractivity contribution in [3.05, 3.63) is 84.9 Å². The van der Waals surface area contributed by atoms with E-state index >= 15 is 0 Å². The van der Waals surface area contributed by atoms with Crippen LogP contribution in [-0.4, -0.2) is 23.4 Å². The smallest absolute Gasteiger partial charge is 0.128 e. The van der Waals surface area contributed by atoms with Crippen LogP contribution in [0, 0.1) is 0 Å². The summed E-state index contributed by atoms with van der Waals surface area (Å²) in [5.74, 6) is 1.62. The quantitative estimate of drug-likeness (QED) is 0.362. The van der Waals surface area contributed by atoms with Crippen LogP contribution in [0.3, 0.4) is 0 Å². The van der Waals surface area contributed by atoms with Crippen molar-refractivity contribution < 1.29 is 9.47 Å². The number of H-pyrrole nitrogens is 1. The molecule has 0 aliphatic carbocycles. The highest BCUT2D eigenvalue weighted by molar-refractivity contribution is 5.72. The van der Waals surface area contributed by atoms with Crippen LogP contribution in [-0.2, 0) is 0 Å². The molecule has 28 heavy (non-hydrogen) atoms. The zero-order chi connectivity index (χ0) is 19.2. The molecule has 140 valence electrons. The Morgan fingerprint density at radius 2 is 1.50 bits per heavy atom. The number of benzene rings is 3.